The molecule has 0 fully saturated rings. The molecule has 0 bridgehead atoms. The summed E-state index contributed by atoms with van der Waals surface area (Å²) in [5, 5.41) is 0. The number of ether oxygens (including phenoxy) is 1. The van der Waals surface area contributed by atoms with E-state index in [1.54, 1.807) is 0 Å². The second-order valence-corrected chi connectivity index (χ2v) is 9.90. The normalized spacial score (nSPS) is 13.1. The van der Waals surface area contributed by atoms with E-state index >= 15 is 0 Å². The summed E-state index contributed by atoms with van der Waals surface area (Å²) in [7, 11) is 0. The Morgan fingerprint density at radius 2 is 1.38 bits per heavy atom. The highest BCUT2D eigenvalue weighted by Crippen LogP contribution is 2.21. The van der Waals surface area contributed by atoms with Crippen LogP contribution in [0.15, 0.2) is 36.7 Å². The second-order valence-electron chi connectivity index (χ2n) is 9.90. The Bertz CT molecular complexity index is 747. The molecule has 1 aromatic heterocycles. The van der Waals surface area contributed by atoms with Crippen molar-refractivity contribution >= 4 is 0 Å². The fourth-order valence-corrected chi connectivity index (χ4v) is 4.23. The van der Waals surface area contributed by atoms with E-state index in [2.05, 4.69) is 30.7 Å². The zero-order valence-corrected chi connectivity index (χ0v) is 21.9. The molecule has 0 amide bonds. The molecule has 0 aliphatic rings. The molecule has 190 valence electrons. The van der Waals surface area contributed by atoms with Crippen LogP contribution in [0.25, 0.3) is 11.4 Å². The summed E-state index contributed by atoms with van der Waals surface area (Å²) in [5.41, 5.74) is 2.15. The van der Waals surface area contributed by atoms with Crippen LogP contribution < -0.4 is 4.74 Å². The van der Waals surface area contributed by atoms with E-state index in [1.165, 1.54) is 76.2 Å². The van der Waals surface area contributed by atoms with Crippen molar-refractivity contribution in [1.29, 1.82) is 0 Å². The predicted molar refractivity (Wildman–Crippen MR) is 142 cm³/mol. The molecule has 2 unspecified atom stereocenters. The third kappa shape index (κ3) is 11.9. The average Bonchev–Trinajstić information content (AvgIpc) is 2.87. The van der Waals surface area contributed by atoms with Gasteiger partial charge in [-0.25, -0.2) is 14.4 Å². The van der Waals surface area contributed by atoms with Crippen LogP contribution in [0.2, 0.25) is 0 Å². The molecule has 2 atom stereocenters. The SMILES string of the molecule is CCCCCCCCCCc1cnc(-c2ccc(OCC(F)CCC(C)CCCC)cc2)nc1. The van der Waals surface area contributed by atoms with Crippen LogP contribution in [0.5, 0.6) is 5.75 Å². The van der Waals surface area contributed by atoms with E-state index in [4.69, 9.17) is 4.74 Å². The standard InChI is InChI=1S/C30H47FN2O/c1-4-6-8-9-10-11-12-13-15-26-22-32-30(33-23-26)27-17-20-29(21-18-27)34-24-28(31)19-16-25(3)14-7-5-2/h17-18,20-23,25,28H,4-16,19,24H2,1-3H3. The van der Waals surface area contributed by atoms with Gasteiger partial charge >= 0.3 is 0 Å². The van der Waals surface area contributed by atoms with Crippen LogP contribution >= 0.6 is 0 Å². The van der Waals surface area contributed by atoms with Gasteiger partial charge in [-0.3, -0.25) is 0 Å². The van der Waals surface area contributed by atoms with Gasteiger partial charge in [-0.15, -0.1) is 0 Å². The minimum absolute atomic E-state index is 0.115. The summed E-state index contributed by atoms with van der Waals surface area (Å²) >= 11 is 0. The van der Waals surface area contributed by atoms with Crippen LogP contribution in [0, 0.1) is 5.92 Å². The molecule has 0 spiro atoms. The highest BCUT2D eigenvalue weighted by atomic mass is 19.1. The van der Waals surface area contributed by atoms with Gasteiger partial charge in [-0.05, 0) is 61.4 Å². The van der Waals surface area contributed by atoms with E-state index in [1.807, 2.05) is 36.7 Å². The summed E-state index contributed by atoms with van der Waals surface area (Å²) in [4.78, 5) is 9.10. The number of unbranched alkanes of at least 4 members (excludes halogenated alkanes) is 8. The number of alkyl halides is 1. The van der Waals surface area contributed by atoms with Crippen molar-refractivity contribution in [2.75, 3.05) is 6.61 Å². The predicted octanol–water partition coefficient (Wildman–Crippen LogP) is 9.15. The zero-order valence-electron chi connectivity index (χ0n) is 21.9. The van der Waals surface area contributed by atoms with Gasteiger partial charge < -0.3 is 4.74 Å². The van der Waals surface area contributed by atoms with Crippen molar-refractivity contribution in [2.24, 2.45) is 5.92 Å². The maximum Gasteiger partial charge on any atom is 0.159 e. The fraction of sp³-hybridized carbons (Fsp3) is 0.667. The Kier molecular flexibility index (Phi) is 14.5. The first-order chi connectivity index (χ1) is 16.6. The molecule has 0 aliphatic carbocycles. The van der Waals surface area contributed by atoms with Gasteiger partial charge in [0.1, 0.15) is 18.5 Å². The fourth-order valence-electron chi connectivity index (χ4n) is 4.23. The number of halogens is 1. The Balaban J connectivity index is 1.67. The Morgan fingerprint density at radius 3 is 2.03 bits per heavy atom. The molecule has 2 rings (SSSR count). The summed E-state index contributed by atoms with van der Waals surface area (Å²) in [6, 6.07) is 7.65. The highest BCUT2D eigenvalue weighted by molar-refractivity contribution is 5.55. The lowest BCUT2D eigenvalue weighted by Crippen LogP contribution is -2.14. The van der Waals surface area contributed by atoms with Gasteiger partial charge in [-0.2, -0.15) is 0 Å². The van der Waals surface area contributed by atoms with Crippen LogP contribution in [0.3, 0.4) is 0 Å². The van der Waals surface area contributed by atoms with Gasteiger partial charge in [0.25, 0.3) is 0 Å². The zero-order chi connectivity index (χ0) is 24.4. The molecule has 0 aliphatic heterocycles. The molecule has 34 heavy (non-hydrogen) atoms. The topological polar surface area (TPSA) is 35.0 Å². The number of nitrogens with zero attached hydrogens (tertiary/aromatic N) is 2. The van der Waals surface area contributed by atoms with Crippen molar-refractivity contribution in [1.82, 2.24) is 9.97 Å². The number of aromatic nitrogens is 2. The van der Waals surface area contributed by atoms with Crippen molar-refractivity contribution in [3.8, 4) is 17.1 Å². The minimum Gasteiger partial charge on any atom is -0.491 e. The van der Waals surface area contributed by atoms with Gasteiger partial charge in [-0.1, -0.05) is 85.0 Å². The van der Waals surface area contributed by atoms with E-state index < -0.39 is 6.17 Å². The first-order valence-electron chi connectivity index (χ1n) is 13.8. The van der Waals surface area contributed by atoms with Crippen molar-refractivity contribution in [2.45, 2.75) is 117 Å². The summed E-state index contributed by atoms with van der Waals surface area (Å²) in [6.07, 6.45) is 19.8. The lowest BCUT2D eigenvalue weighted by molar-refractivity contribution is 0.178. The lowest BCUT2D eigenvalue weighted by atomic mass is 9.98. The minimum atomic E-state index is -0.916. The van der Waals surface area contributed by atoms with Crippen LogP contribution in [0.4, 0.5) is 4.39 Å². The summed E-state index contributed by atoms with van der Waals surface area (Å²) in [5.74, 6) is 2.00. The van der Waals surface area contributed by atoms with Crippen molar-refractivity contribution in [3.05, 3.63) is 42.2 Å². The first kappa shape index (κ1) is 28.3. The molecule has 2 aromatic rings. The first-order valence-corrected chi connectivity index (χ1v) is 13.8. The number of benzene rings is 1. The molecule has 1 heterocycles. The molecule has 0 N–H and O–H groups in total. The Morgan fingerprint density at radius 1 is 0.765 bits per heavy atom. The lowest BCUT2D eigenvalue weighted by Gasteiger charge is -2.14. The average molecular weight is 471 g/mol. The molecule has 0 radical (unpaired) electrons. The monoisotopic (exact) mass is 470 g/mol. The molecule has 4 heteroatoms. The van der Waals surface area contributed by atoms with Crippen molar-refractivity contribution < 1.29 is 9.13 Å². The maximum absolute atomic E-state index is 14.2. The third-order valence-electron chi connectivity index (χ3n) is 6.59. The quantitative estimate of drug-likeness (QED) is 0.192. The van der Waals surface area contributed by atoms with E-state index in [0.29, 0.717) is 18.1 Å². The molecular weight excluding hydrogens is 423 g/mol. The second kappa shape index (κ2) is 17.5. The molecule has 1 aromatic carbocycles. The van der Waals surface area contributed by atoms with Crippen LogP contribution in [0.1, 0.15) is 110 Å². The van der Waals surface area contributed by atoms with Gasteiger partial charge in [0.05, 0.1) is 0 Å². The van der Waals surface area contributed by atoms with Crippen LogP contribution in [-0.2, 0) is 6.42 Å². The van der Waals surface area contributed by atoms with Gasteiger partial charge in [0, 0.05) is 18.0 Å². The summed E-state index contributed by atoms with van der Waals surface area (Å²) < 4.78 is 19.9. The smallest absolute Gasteiger partial charge is 0.159 e. The largest absolute Gasteiger partial charge is 0.491 e. The van der Waals surface area contributed by atoms with Crippen LogP contribution in [-0.4, -0.2) is 22.7 Å². The molecular formula is C30H47FN2O. The number of hydrogen-bond donors (Lipinski definition) is 0. The van der Waals surface area contributed by atoms with Gasteiger partial charge in [0.2, 0.25) is 0 Å². The Hall–Kier alpha value is -1.97. The number of hydrogen-bond acceptors (Lipinski definition) is 3. The third-order valence-corrected chi connectivity index (χ3v) is 6.59. The van der Waals surface area contributed by atoms with E-state index in [-0.39, 0.29) is 6.61 Å². The summed E-state index contributed by atoms with van der Waals surface area (Å²) in [6.45, 7) is 6.79. The molecule has 0 saturated heterocycles. The number of rotatable bonds is 19. The Labute approximate surface area is 208 Å². The number of aryl methyl sites for hydroxylation is 1. The van der Waals surface area contributed by atoms with Crippen molar-refractivity contribution in [3.63, 3.8) is 0 Å². The highest BCUT2D eigenvalue weighted by Gasteiger charge is 2.11. The van der Waals surface area contributed by atoms with E-state index in [9.17, 15) is 4.39 Å². The molecule has 0 saturated carbocycles. The van der Waals surface area contributed by atoms with Gasteiger partial charge in [0.15, 0.2) is 5.82 Å². The molecule has 3 nitrogen and oxygen atoms in total. The maximum atomic E-state index is 14.2. The van der Waals surface area contributed by atoms with E-state index in [0.717, 1.165) is 24.2 Å².